The molecule has 36 heavy (non-hydrogen) atoms. The summed E-state index contributed by atoms with van der Waals surface area (Å²) in [6.07, 6.45) is -4.49. The molecule has 3 aromatic carbocycles. The Morgan fingerprint density at radius 1 is 1.06 bits per heavy atom. The number of nitriles is 1. The Hall–Kier alpha value is -2.94. The van der Waals surface area contributed by atoms with Crippen LogP contribution in [0.25, 0.3) is 0 Å². The summed E-state index contributed by atoms with van der Waals surface area (Å²) in [5, 5.41) is 12.8. The molecule has 0 aliphatic rings. The van der Waals surface area contributed by atoms with Crippen molar-refractivity contribution < 1.29 is 31.4 Å². The molecule has 0 bridgehead atoms. The topological polar surface area (TPSA) is 54.3 Å². The minimum absolute atomic E-state index is 0.0260. The summed E-state index contributed by atoms with van der Waals surface area (Å²) < 4.78 is 77.2. The van der Waals surface area contributed by atoms with E-state index in [2.05, 4.69) is 21.2 Å². The minimum atomic E-state index is -4.49. The van der Waals surface area contributed by atoms with Gasteiger partial charge in [0, 0.05) is 28.8 Å². The van der Waals surface area contributed by atoms with Crippen molar-refractivity contribution in [1.29, 1.82) is 5.26 Å². The van der Waals surface area contributed by atoms with Crippen molar-refractivity contribution in [1.82, 2.24) is 5.32 Å². The third-order valence-electron chi connectivity index (χ3n) is 4.71. The lowest BCUT2D eigenvalue weighted by Gasteiger charge is -2.25. The number of thiocarbonyl (C=S) groups is 1. The van der Waals surface area contributed by atoms with Crippen molar-refractivity contribution in [3.05, 3.63) is 86.9 Å². The lowest BCUT2D eigenvalue weighted by atomic mass is 10.0. The number of benzene rings is 3. The normalized spacial score (nSPS) is 12.9. The summed E-state index contributed by atoms with van der Waals surface area (Å²) in [5.41, 5.74) is -1.99. The molecule has 1 atom stereocenters. The Balaban J connectivity index is 1.77. The molecule has 0 aliphatic heterocycles. The predicted octanol–water partition coefficient (Wildman–Crippen LogP) is 7.82. The van der Waals surface area contributed by atoms with E-state index in [0.29, 0.717) is 6.07 Å². The van der Waals surface area contributed by atoms with Gasteiger partial charge in [-0.05, 0) is 47.1 Å². The van der Waals surface area contributed by atoms with Crippen molar-refractivity contribution >= 4 is 44.7 Å². The number of ether oxygens (including phenoxy) is 2. The second kappa shape index (κ2) is 11.0. The Bertz CT molecular complexity index is 1330. The molecular formula is C24H15BrClF5N2O2S. The largest absolute Gasteiger partial charge is 0.486 e. The summed E-state index contributed by atoms with van der Waals surface area (Å²) in [4.78, 5) is 0.0260. The number of nitrogens with zero attached hydrogens (tertiary/aromatic N) is 1. The van der Waals surface area contributed by atoms with Gasteiger partial charge in [-0.25, -0.2) is 8.78 Å². The number of hydrogen-bond donors (Lipinski definition) is 1. The summed E-state index contributed by atoms with van der Waals surface area (Å²) >= 11 is 14.3. The van der Waals surface area contributed by atoms with Crippen LogP contribution in [0.1, 0.15) is 18.1 Å². The van der Waals surface area contributed by atoms with Crippen LogP contribution in [0.15, 0.2) is 59.1 Å². The van der Waals surface area contributed by atoms with Crippen LogP contribution < -0.4 is 14.8 Å². The number of alkyl halides is 3. The zero-order valence-corrected chi connectivity index (χ0v) is 21.4. The minimum Gasteiger partial charge on any atom is -0.486 e. The molecule has 0 spiro atoms. The van der Waals surface area contributed by atoms with Crippen LogP contribution in [-0.2, 0) is 6.18 Å². The van der Waals surface area contributed by atoms with Crippen molar-refractivity contribution in [2.75, 3.05) is 6.61 Å². The maximum atomic E-state index is 13.9. The molecular weight excluding hydrogens is 591 g/mol. The molecule has 4 nitrogen and oxygen atoms in total. The van der Waals surface area contributed by atoms with Crippen molar-refractivity contribution in [3.63, 3.8) is 0 Å². The SMILES string of the molecule is C[C@@](C#N)(COc1cc(Cl)ccc1Oc1cc(F)cc(F)c1Br)NC(=S)c1ccc(C(F)(F)F)cc1. The van der Waals surface area contributed by atoms with Gasteiger partial charge >= 0.3 is 6.18 Å². The molecule has 12 heteroatoms. The van der Waals surface area contributed by atoms with E-state index in [4.69, 9.17) is 33.3 Å². The summed E-state index contributed by atoms with van der Waals surface area (Å²) in [5.74, 6) is -1.79. The quantitative estimate of drug-likeness (QED) is 0.169. The zero-order valence-electron chi connectivity index (χ0n) is 18.2. The average Bonchev–Trinajstić information content (AvgIpc) is 2.81. The van der Waals surface area contributed by atoms with E-state index in [0.717, 1.165) is 18.2 Å². The smallest absolute Gasteiger partial charge is 0.416 e. The summed E-state index contributed by atoms with van der Waals surface area (Å²) in [6.45, 7) is 1.16. The highest BCUT2D eigenvalue weighted by molar-refractivity contribution is 9.10. The van der Waals surface area contributed by atoms with Crippen LogP contribution >= 0.6 is 39.7 Å². The number of halogens is 7. The highest BCUT2D eigenvalue weighted by Gasteiger charge is 2.31. The van der Waals surface area contributed by atoms with Gasteiger partial charge in [-0.2, -0.15) is 18.4 Å². The van der Waals surface area contributed by atoms with Crippen LogP contribution in [0, 0.1) is 23.0 Å². The van der Waals surface area contributed by atoms with E-state index in [1.54, 1.807) is 0 Å². The third-order valence-corrected chi connectivity index (χ3v) is 6.05. The van der Waals surface area contributed by atoms with E-state index in [-0.39, 0.29) is 43.9 Å². The van der Waals surface area contributed by atoms with Crippen LogP contribution in [-0.4, -0.2) is 17.1 Å². The predicted molar refractivity (Wildman–Crippen MR) is 131 cm³/mol. The maximum Gasteiger partial charge on any atom is 0.416 e. The average molecular weight is 606 g/mol. The first-order chi connectivity index (χ1) is 16.8. The van der Waals surface area contributed by atoms with E-state index >= 15 is 0 Å². The van der Waals surface area contributed by atoms with Crippen molar-refractivity contribution in [2.24, 2.45) is 0 Å². The number of rotatable bonds is 7. The number of hydrogen-bond acceptors (Lipinski definition) is 4. The van der Waals surface area contributed by atoms with Gasteiger partial charge in [0.15, 0.2) is 17.0 Å². The van der Waals surface area contributed by atoms with Gasteiger partial charge in [-0.15, -0.1) is 0 Å². The molecule has 3 rings (SSSR count). The van der Waals surface area contributed by atoms with E-state index in [1.165, 1.54) is 37.3 Å². The molecule has 0 amide bonds. The second-order valence-electron chi connectivity index (χ2n) is 7.65. The fraction of sp³-hybridized carbons (Fsp3) is 0.167. The summed E-state index contributed by atoms with van der Waals surface area (Å²) in [7, 11) is 0. The first-order valence-corrected chi connectivity index (χ1v) is 11.5. The standard InChI is InChI=1S/C24H15BrClF5N2O2S/c1-23(11-32,33-22(36)13-2-4-14(5-3-13)24(29,30)31)12-34-19-8-15(26)6-7-18(19)35-20-10-16(27)9-17(28)21(20)25/h2-10H,12H2,1H3,(H,33,36)/t23-/m1/s1. The fourth-order valence-corrected chi connectivity index (χ4v) is 3.69. The zero-order chi connectivity index (χ0) is 26.7. The van der Waals surface area contributed by atoms with Gasteiger partial charge < -0.3 is 14.8 Å². The summed E-state index contributed by atoms with van der Waals surface area (Å²) in [6, 6.07) is 12.1. The van der Waals surface area contributed by atoms with Gasteiger partial charge in [0.25, 0.3) is 0 Å². The Labute approximate surface area is 221 Å². The molecule has 0 saturated carbocycles. The molecule has 0 fully saturated rings. The molecule has 0 saturated heterocycles. The van der Waals surface area contributed by atoms with E-state index < -0.39 is 28.9 Å². The van der Waals surface area contributed by atoms with E-state index in [9.17, 15) is 27.2 Å². The molecule has 0 unspecified atom stereocenters. The van der Waals surface area contributed by atoms with Crippen molar-refractivity contribution in [2.45, 2.75) is 18.6 Å². The Morgan fingerprint density at radius 3 is 2.33 bits per heavy atom. The molecule has 0 radical (unpaired) electrons. The molecule has 0 aliphatic carbocycles. The Morgan fingerprint density at radius 2 is 1.72 bits per heavy atom. The lowest BCUT2D eigenvalue weighted by Crippen LogP contribution is -2.49. The van der Waals surface area contributed by atoms with E-state index in [1.807, 2.05) is 6.07 Å². The highest BCUT2D eigenvalue weighted by atomic mass is 79.9. The van der Waals surface area contributed by atoms with Crippen LogP contribution in [0.5, 0.6) is 17.2 Å². The number of nitrogens with one attached hydrogen (secondary N) is 1. The first kappa shape index (κ1) is 27.6. The third kappa shape index (κ3) is 6.84. The second-order valence-corrected chi connectivity index (χ2v) is 9.29. The molecule has 3 aromatic rings. The maximum absolute atomic E-state index is 13.9. The van der Waals surface area contributed by atoms with Crippen LogP contribution in [0.2, 0.25) is 5.02 Å². The van der Waals surface area contributed by atoms with Gasteiger partial charge in [-0.3, -0.25) is 0 Å². The van der Waals surface area contributed by atoms with Crippen LogP contribution in [0.3, 0.4) is 0 Å². The van der Waals surface area contributed by atoms with Gasteiger partial charge in [0.1, 0.15) is 29.0 Å². The monoisotopic (exact) mass is 604 g/mol. The highest BCUT2D eigenvalue weighted by Crippen LogP contribution is 2.38. The van der Waals surface area contributed by atoms with Crippen molar-refractivity contribution in [3.8, 4) is 23.3 Å². The fourth-order valence-electron chi connectivity index (χ4n) is 2.86. The lowest BCUT2D eigenvalue weighted by molar-refractivity contribution is -0.137. The first-order valence-electron chi connectivity index (χ1n) is 9.97. The van der Waals surface area contributed by atoms with Gasteiger partial charge in [-0.1, -0.05) is 36.0 Å². The van der Waals surface area contributed by atoms with Gasteiger partial charge in [0.05, 0.1) is 16.1 Å². The molecule has 0 aromatic heterocycles. The Kier molecular flexibility index (Phi) is 8.44. The van der Waals surface area contributed by atoms with Crippen LogP contribution in [0.4, 0.5) is 22.0 Å². The van der Waals surface area contributed by atoms with Gasteiger partial charge in [0.2, 0.25) is 0 Å². The molecule has 1 N–H and O–H groups in total. The molecule has 0 heterocycles. The molecule has 188 valence electrons.